The molecule has 6 nitrogen and oxygen atoms in total. The number of thioether (sulfide) groups is 1. The Morgan fingerprint density at radius 3 is 2.80 bits per heavy atom. The van der Waals surface area contributed by atoms with Crippen molar-refractivity contribution in [3.05, 3.63) is 42.5 Å². The highest BCUT2D eigenvalue weighted by Crippen LogP contribution is 2.17. The van der Waals surface area contributed by atoms with Gasteiger partial charge in [-0.2, -0.15) is 0 Å². The van der Waals surface area contributed by atoms with Crippen molar-refractivity contribution in [2.75, 3.05) is 25.4 Å². The van der Waals surface area contributed by atoms with Crippen molar-refractivity contribution >= 4 is 17.7 Å². The average molecular weight is 361 g/mol. The van der Waals surface area contributed by atoms with E-state index in [4.69, 9.17) is 0 Å². The van der Waals surface area contributed by atoms with Crippen LogP contribution in [0.15, 0.2) is 46.5 Å². The van der Waals surface area contributed by atoms with Gasteiger partial charge in [-0.25, -0.2) is 0 Å². The van der Waals surface area contributed by atoms with E-state index in [1.54, 1.807) is 6.33 Å². The molecule has 0 saturated carbocycles. The maximum absolute atomic E-state index is 4.65. The third-order valence-corrected chi connectivity index (χ3v) is 4.68. The van der Waals surface area contributed by atoms with Crippen LogP contribution >= 0.6 is 11.8 Å². The highest BCUT2D eigenvalue weighted by atomic mass is 32.2. The summed E-state index contributed by atoms with van der Waals surface area (Å²) in [4.78, 5) is 5.96. The predicted octanol–water partition coefficient (Wildman–Crippen LogP) is 2.58. The molecule has 0 aliphatic rings. The van der Waals surface area contributed by atoms with Crippen LogP contribution in [-0.4, -0.2) is 46.1 Å². The van der Waals surface area contributed by atoms with Crippen LogP contribution in [0, 0.1) is 0 Å². The lowest BCUT2D eigenvalue weighted by Crippen LogP contribution is -2.39. The monoisotopic (exact) mass is 360 g/mol. The smallest absolute Gasteiger partial charge is 0.191 e. The molecule has 0 aliphatic carbocycles. The SMILES string of the molecule is CCNC(=NCCCSc1ccccc1)NCCn1cnnc1CC. The number of hydrogen-bond acceptors (Lipinski definition) is 4. The average Bonchev–Trinajstić information content (AvgIpc) is 3.10. The lowest BCUT2D eigenvalue weighted by atomic mass is 10.4. The molecule has 0 atom stereocenters. The fourth-order valence-corrected chi connectivity index (χ4v) is 3.20. The first kappa shape index (κ1) is 19.3. The summed E-state index contributed by atoms with van der Waals surface area (Å²) in [7, 11) is 0. The van der Waals surface area contributed by atoms with Gasteiger partial charge in [0.1, 0.15) is 12.2 Å². The van der Waals surface area contributed by atoms with E-state index in [-0.39, 0.29) is 0 Å². The van der Waals surface area contributed by atoms with Crippen molar-refractivity contribution in [2.24, 2.45) is 4.99 Å². The molecule has 1 aromatic heterocycles. The second-order valence-electron chi connectivity index (χ2n) is 5.50. The van der Waals surface area contributed by atoms with Crippen LogP contribution in [0.1, 0.15) is 26.1 Å². The first-order valence-electron chi connectivity index (χ1n) is 8.90. The van der Waals surface area contributed by atoms with Crippen molar-refractivity contribution in [2.45, 2.75) is 38.1 Å². The first-order valence-corrected chi connectivity index (χ1v) is 9.88. The standard InChI is InChI=1S/C18H28N6S/c1-3-17-23-22-15-24(17)13-12-21-18(19-4-2)20-11-8-14-25-16-9-6-5-7-10-16/h5-7,9-10,15H,3-4,8,11-14H2,1-2H3,(H2,19,20,21). The highest BCUT2D eigenvalue weighted by Gasteiger charge is 2.02. The van der Waals surface area contributed by atoms with Gasteiger partial charge < -0.3 is 15.2 Å². The van der Waals surface area contributed by atoms with Crippen LogP contribution in [0.2, 0.25) is 0 Å². The zero-order valence-electron chi connectivity index (χ0n) is 15.1. The van der Waals surface area contributed by atoms with Crippen LogP contribution < -0.4 is 10.6 Å². The van der Waals surface area contributed by atoms with E-state index in [0.29, 0.717) is 0 Å². The lowest BCUT2D eigenvalue weighted by molar-refractivity contribution is 0.632. The van der Waals surface area contributed by atoms with Gasteiger partial charge in [0.05, 0.1) is 0 Å². The quantitative estimate of drug-likeness (QED) is 0.295. The Hall–Kier alpha value is -2.02. The Bertz CT molecular complexity index is 626. The van der Waals surface area contributed by atoms with E-state index in [1.165, 1.54) is 4.90 Å². The molecular formula is C18H28N6S. The summed E-state index contributed by atoms with van der Waals surface area (Å²) >= 11 is 1.88. The minimum Gasteiger partial charge on any atom is -0.357 e. The van der Waals surface area contributed by atoms with Gasteiger partial charge >= 0.3 is 0 Å². The van der Waals surface area contributed by atoms with Gasteiger partial charge in [0.25, 0.3) is 0 Å². The number of guanidine groups is 1. The maximum atomic E-state index is 4.65. The first-order chi connectivity index (χ1) is 12.3. The number of benzene rings is 1. The normalized spacial score (nSPS) is 11.5. The van der Waals surface area contributed by atoms with Crippen molar-refractivity contribution in [1.82, 2.24) is 25.4 Å². The van der Waals surface area contributed by atoms with Crippen molar-refractivity contribution < 1.29 is 0 Å². The summed E-state index contributed by atoms with van der Waals surface area (Å²) in [5.41, 5.74) is 0. The van der Waals surface area contributed by atoms with E-state index in [2.05, 4.69) is 68.5 Å². The molecule has 7 heteroatoms. The molecule has 0 bridgehead atoms. The summed E-state index contributed by atoms with van der Waals surface area (Å²) in [5, 5.41) is 14.7. The van der Waals surface area contributed by atoms with E-state index >= 15 is 0 Å². The number of aromatic nitrogens is 3. The van der Waals surface area contributed by atoms with E-state index in [1.807, 2.05) is 17.8 Å². The number of nitrogens with zero attached hydrogens (tertiary/aromatic N) is 4. The summed E-state index contributed by atoms with van der Waals surface area (Å²) in [5.74, 6) is 2.97. The van der Waals surface area contributed by atoms with Crippen molar-refractivity contribution in [1.29, 1.82) is 0 Å². The molecule has 0 spiro atoms. The molecule has 2 aromatic rings. The van der Waals surface area contributed by atoms with Gasteiger partial charge in [0, 0.05) is 37.5 Å². The Morgan fingerprint density at radius 2 is 2.04 bits per heavy atom. The zero-order valence-corrected chi connectivity index (χ0v) is 15.9. The van der Waals surface area contributed by atoms with Gasteiger partial charge in [-0.15, -0.1) is 22.0 Å². The summed E-state index contributed by atoms with van der Waals surface area (Å²) in [6.07, 6.45) is 3.74. The maximum Gasteiger partial charge on any atom is 0.191 e. The Balaban J connectivity index is 1.68. The van der Waals surface area contributed by atoms with Crippen LogP contribution in [-0.2, 0) is 13.0 Å². The number of rotatable bonds is 10. The predicted molar refractivity (Wildman–Crippen MR) is 105 cm³/mol. The largest absolute Gasteiger partial charge is 0.357 e. The number of aryl methyl sites for hydroxylation is 1. The molecule has 2 N–H and O–H groups in total. The van der Waals surface area contributed by atoms with Crippen LogP contribution in [0.5, 0.6) is 0 Å². The van der Waals surface area contributed by atoms with Crippen LogP contribution in [0.4, 0.5) is 0 Å². The van der Waals surface area contributed by atoms with Gasteiger partial charge in [0.15, 0.2) is 5.96 Å². The minimum absolute atomic E-state index is 0.801. The Morgan fingerprint density at radius 1 is 1.20 bits per heavy atom. The number of aliphatic imine (C=N–C) groups is 1. The van der Waals surface area contributed by atoms with Crippen LogP contribution in [0.3, 0.4) is 0 Å². The van der Waals surface area contributed by atoms with Gasteiger partial charge in [-0.05, 0) is 31.2 Å². The summed E-state index contributed by atoms with van der Waals surface area (Å²) in [6, 6.07) is 10.5. The van der Waals surface area contributed by atoms with E-state index < -0.39 is 0 Å². The van der Waals surface area contributed by atoms with Crippen molar-refractivity contribution in [3.8, 4) is 0 Å². The molecule has 0 saturated heterocycles. The van der Waals surface area contributed by atoms with Gasteiger partial charge in [0.2, 0.25) is 0 Å². The third kappa shape index (κ3) is 7.17. The second kappa shape index (κ2) is 11.5. The molecule has 2 rings (SSSR count). The molecule has 0 fully saturated rings. The molecule has 25 heavy (non-hydrogen) atoms. The molecule has 136 valence electrons. The fraction of sp³-hybridized carbons (Fsp3) is 0.500. The number of nitrogens with one attached hydrogen (secondary N) is 2. The zero-order chi connectivity index (χ0) is 17.7. The number of hydrogen-bond donors (Lipinski definition) is 2. The third-order valence-electron chi connectivity index (χ3n) is 3.59. The Labute approximate surface area is 154 Å². The van der Waals surface area contributed by atoms with E-state index in [9.17, 15) is 0 Å². The topological polar surface area (TPSA) is 67.1 Å². The Kier molecular flexibility index (Phi) is 8.90. The van der Waals surface area contributed by atoms with Gasteiger partial charge in [-0.1, -0.05) is 25.1 Å². The molecule has 0 aliphatic heterocycles. The molecule has 0 amide bonds. The van der Waals surface area contributed by atoms with Crippen molar-refractivity contribution in [3.63, 3.8) is 0 Å². The van der Waals surface area contributed by atoms with E-state index in [0.717, 1.165) is 56.6 Å². The highest BCUT2D eigenvalue weighted by molar-refractivity contribution is 7.99. The molecule has 1 aromatic carbocycles. The second-order valence-corrected chi connectivity index (χ2v) is 6.66. The molecular weight excluding hydrogens is 332 g/mol. The summed E-state index contributed by atoms with van der Waals surface area (Å²) in [6.45, 7) is 7.49. The minimum atomic E-state index is 0.801. The van der Waals surface area contributed by atoms with Crippen LogP contribution in [0.25, 0.3) is 0 Å². The molecule has 1 heterocycles. The molecule has 0 radical (unpaired) electrons. The molecule has 0 unspecified atom stereocenters. The lowest BCUT2D eigenvalue weighted by Gasteiger charge is -2.12. The summed E-state index contributed by atoms with van der Waals surface area (Å²) < 4.78 is 2.08. The fourth-order valence-electron chi connectivity index (χ4n) is 2.34. The van der Waals surface area contributed by atoms with Gasteiger partial charge in [-0.3, -0.25) is 4.99 Å².